The average molecular weight is 477 g/mol. The van der Waals surface area contributed by atoms with E-state index >= 15 is 0 Å². The van der Waals surface area contributed by atoms with Gasteiger partial charge in [-0.05, 0) is 6.42 Å². The summed E-state index contributed by atoms with van der Waals surface area (Å²) in [7, 11) is -5.87. The summed E-state index contributed by atoms with van der Waals surface area (Å²) in [4.78, 5) is 14.3. The molecule has 7 nitrogen and oxygen atoms in total. The van der Waals surface area contributed by atoms with Gasteiger partial charge in [-0.1, -0.05) is 23.2 Å². The lowest BCUT2D eigenvalue weighted by Gasteiger charge is -2.38. The molecule has 1 amide bonds. The number of alkyl halides is 3. The van der Waals surface area contributed by atoms with Crippen LogP contribution in [0.2, 0.25) is 10.0 Å². The summed E-state index contributed by atoms with van der Waals surface area (Å²) in [6.45, 7) is 2.35. The molecule has 0 radical (unpaired) electrons. The average Bonchev–Trinajstić information content (AvgIpc) is 3.03. The van der Waals surface area contributed by atoms with E-state index in [1.807, 2.05) is 4.90 Å². The lowest BCUT2D eigenvalue weighted by molar-refractivity contribution is -0.125. The predicted molar refractivity (Wildman–Crippen MR) is 98.3 cm³/mol. The number of hydrogen-bond donors (Lipinski definition) is 1. The lowest BCUT2D eigenvalue weighted by Crippen LogP contribution is -2.43. The van der Waals surface area contributed by atoms with Gasteiger partial charge in [0.25, 0.3) is 0 Å². The molecule has 2 fully saturated rings. The highest BCUT2D eigenvalue weighted by molar-refractivity contribution is 7.88. The van der Waals surface area contributed by atoms with Gasteiger partial charge in [0.15, 0.2) is 0 Å². The van der Waals surface area contributed by atoms with E-state index in [4.69, 9.17) is 27.9 Å². The number of rotatable bonds is 5. The SMILES string of the molecule is O=C1NCCC1[C@H](c1c(Cl)cc(OS(=O)(=O)C(F)(F)F)cc1Cl)N1CCOCC1. The fourth-order valence-corrected chi connectivity index (χ4v) is 4.61. The van der Waals surface area contributed by atoms with Crippen LogP contribution in [0.5, 0.6) is 5.75 Å². The molecule has 0 aromatic heterocycles. The van der Waals surface area contributed by atoms with E-state index in [0.29, 0.717) is 44.8 Å². The minimum absolute atomic E-state index is 0.0962. The third-order valence-electron chi connectivity index (χ3n) is 4.75. The van der Waals surface area contributed by atoms with Crippen LogP contribution in [0.15, 0.2) is 12.1 Å². The van der Waals surface area contributed by atoms with E-state index in [1.165, 1.54) is 0 Å². The number of benzene rings is 1. The molecule has 29 heavy (non-hydrogen) atoms. The van der Waals surface area contributed by atoms with Gasteiger partial charge in [-0.2, -0.15) is 21.6 Å². The number of nitrogens with one attached hydrogen (secondary N) is 1. The summed E-state index contributed by atoms with van der Waals surface area (Å²) in [5, 5.41) is 2.55. The second kappa shape index (κ2) is 8.46. The standard InChI is InChI=1S/C16H17Cl2F3N2O5S/c17-11-7-9(28-29(25,26)16(19,20)21)8-12(18)13(11)14(10-1-2-22-15(10)24)23-3-5-27-6-4-23/h7-8,10,14H,1-6H2,(H,22,24)/t10?,14-/m1/s1. The fourth-order valence-electron chi connectivity index (χ4n) is 3.47. The van der Waals surface area contributed by atoms with Gasteiger partial charge in [-0.15, -0.1) is 0 Å². The Morgan fingerprint density at radius 3 is 2.28 bits per heavy atom. The van der Waals surface area contributed by atoms with E-state index in [2.05, 4.69) is 9.50 Å². The Morgan fingerprint density at radius 1 is 1.21 bits per heavy atom. The second-order valence-corrected chi connectivity index (χ2v) is 8.92. The zero-order valence-corrected chi connectivity index (χ0v) is 17.2. The molecule has 0 spiro atoms. The molecule has 1 unspecified atom stereocenters. The van der Waals surface area contributed by atoms with Gasteiger partial charge in [0.1, 0.15) is 5.75 Å². The molecule has 162 valence electrons. The molecule has 1 aromatic carbocycles. The fraction of sp³-hybridized carbons (Fsp3) is 0.562. The highest BCUT2D eigenvalue weighted by Gasteiger charge is 2.49. The molecular weight excluding hydrogens is 460 g/mol. The highest BCUT2D eigenvalue weighted by Crippen LogP contribution is 2.43. The van der Waals surface area contributed by atoms with E-state index in [0.717, 1.165) is 12.1 Å². The minimum Gasteiger partial charge on any atom is -0.379 e. The van der Waals surface area contributed by atoms with E-state index < -0.39 is 33.3 Å². The van der Waals surface area contributed by atoms with Crippen LogP contribution in [-0.2, 0) is 19.6 Å². The quantitative estimate of drug-likeness (QED) is 0.519. The van der Waals surface area contributed by atoms with Crippen LogP contribution < -0.4 is 9.50 Å². The molecule has 0 saturated carbocycles. The zero-order valence-electron chi connectivity index (χ0n) is 14.8. The molecular formula is C16H17Cl2F3N2O5S. The van der Waals surface area contributed by atoms with Crippen molar-refractivity contribution in [2.45, 2.75) is 18.0 Å². The number of halogens is 5. The molecule has 0 bridgehead atoms. The van der Waals surface area contributed by atoms with Crippen LogP contribution >= 0.6 is 23.2 Å². The maximum Gasteiger partial charge on any atom is 0.534 e. The Labute approximate surface area is 175 Å². The molecule has 1 aromatic rings. The second-order valence-electron chi connectivity index (χ2n) is 6.56. The third-order valence-corrected chi connectivity index (χ3v) is 6.35. The van der Waals surface area contributed by atoms with Gasteiger partial charge >= 0.3 is 15.6 Å². The Bertz CT molecular complexity index is 868. The van der Waals surface area contributed by atoms with Crippen molar-refractivity contribution in [3.05, 3.63) is 27.7 Å². The van der Waals surface area contributed by atoms with Crippen molar-refractivity contribution < 1.29 is 35.3 Å². The predicted octanol–water partition coefficient (Wildman–Crippen LogP) is 2.73. The zero-order chi connectivity index (χ0) is 21.4. The number of nitrogens with zero attached hydrogens (tertiary/aromatic N) is 1. The van der Waals surface area contributed by atoms with Crippen molar-refractivity contribution >= 4 is 39.2 Å². The van der Waals surface area contributed by atoms with Gasteiger partial charge in [-0.3, -0.25) is 9.69 Å². The van der Waals surface area contributed by atoms with Crippen LogP contribution in [0, 0.1) is 5.92 Å². The monoisotopic (exact) mass is 476 g/mol. The van der Waals surface area contributed by atoms with Crippen LogP contribution in [0.4, 0.5) is 13.2 Å². The molecule has 2 heterocycles. The summed E-state index contributed by atoms with van der Waals surface area (Å²) in [5.74, 6) is -1.33. The first kappa shape index (κ1) is 22.4. The van der Waals surface area contributed by atoms with E-state index in [1.54, 1.807) is 0 Å². The summed E-state index contributed by atoms with van der Waals surface area (Å²) >= 11 is 12.6. The van der Waals surface area contributed by atoms with Crippen LogP contribution in [0.1, 0.15) is 18.0 Å². The Balaban J connectivity index is 1.99. The third kappa shape index (κ3) is 4.74. The largest absolute Gasteiger partial charge is 0.534 e. The Hall–Kier alpha value is -1.27. The van der Waals surface area contributed by atoms with Crippen LogP contribution in [0.3, 0.4) is 0 Å². The first-order valence-corrected chi connectivity index (χ1v) is 10.8. The summed E-state index contributed by atoms with van der Waals surface area (Å²) in [6.07, 6.45) is 0.522. The minimum atomic E-state index is -5.87. The van der Waals surface area contributed by atoms with Crippen LogP contribution in [0.25, 0.3) is 0 Å². The molecule has 3 rings (SSSR count). The molecule has 2 aliphatic rings. The number of carbonyl (C=O) groups excluding carboxylic acids is 1. The van der Waals surface area contributed by atoms with Gasteiger partial charge < -0.3 is 14.2 Å². The summed E-state index contributed by atoms with van der Waals surface area (Å²) < 4.78 is 69.7. The van der Waals surface area contributed by atoms with Crippen molar-refractivity contribution in [2.24, 2.45) is 5.92 Å². The van der Waals surface area contributed by atoms with Crippen molar-refractivity contribution in [1.82, 2.24) is 10.2 Å². The molecule has 2 saturated heterocycles. The highest BCUT2D eigenvalue weighted by atomic mass is 35.5. The number of hydrogen-bond acceptors (Lipinski definition) is 6. The van der Waals surface area contributed by atoms with Gasteiger partial charge in [0, 0.05) is 43.4 Å². The van der Waals surface area contributed by atoms with Crippen LogP contribution in [-0.4, -0.2) is 57.6 Å². The first-order chi connectivity index (χ1) is 13.5. The smallest absolute Gasteiger partial charge is 0.379 e. The molecule has 2 atom stereocenters. The molecule has 0 aliphatic carbocycles. The van der Waals surface area contributed by atoms with Crippen molar-refractivity contribution in [2.75, 3.05) is 32.8 Å². The molecule has 2 aliphatic heterocycles. The maximum absolute atomic E-state index is 12.6. The van der Waals surface area contributed by atoms with Gasteiger partial charge in [0.05, 0.1) is 29.2 Å². The summed E-state index contributed by atoms with van der Waals surface area (Å²) in [5.41, 5.74) is -5.27. The normalized spacial score (nSPS) is 22.4. The number of amides is 1. The maximum atomic E-state index is 12.6. The Kier molecular flexibility index (Phi) is 6.54. The van der Waals surface area contributed by atoms with E-state index in [-0.39, 0.29) is 16.0 Å². The van der Waals surface area contributed by atoms with Crippen molar-refractivity contribution in [3.8, 4) is 5.75 Å². The van der Waals surface area contributed by atoms with Crippen molar-refractivity contribution in [1.29, 1.82) is 0 Å². The van der Waals surface area contributed by atoms with Gasteiger partial charge in [-0.25, -0.2) is 0 Å². The topological polar surface area (TPSA) is 84.9 Å². The molecule has 1 N–H and O–H groups in total. The number of carbonyl (C=O) groups is 1. The lowest BCUT2D eigenvalue weighted by atomic mass is 9.89. The molecule has 13 heteroatoms. The van der Waals surface area contributed by atoms with Gasteiger partial charge in [0.2, 0.25) is 5.91 Å². The number of morpholine rings is 1. The van der Waals surface area contributed by atoms with Crippen molar-refractivity contribution in [3.63, 3.8) is 0 Å². The Morgan fingerprint density at radius 2 is 1.79 bits per heavy atom. The number of ether oxygens (including phenoxy) is 1. The van der Waals surface area contributed by atoms with E-state index in [9.17, 15) is 26.4 Å². The first-order valence-electron chi connectivity index (χ1n) is 8.60. The summed E-state index contributed by atoms with van der Waals surface area (Å²) in [6, 6.07) is 1.35.